The Labute approximate surface area is 137 Å². The quantitative estimate of drug-likeness (QED) is 0.923. The van der Waals surface area contributed by atoms with Crippen molar-refractivity contribution in [1.29, 1.82) is 0 Å². The number of carbonyl (C=O) groups is 1. The second kappa shape index (κ2) is 6.75. The fourth-order valence-corrected chi connectivity index (χ4v) is 3.12. The second-order valence-corrected chi connectivity index (χ2v) is 5.87. The second-order valence-electron chi connectivity index (χ2n) is 5.87. The summed E-state index contributed by atoms with van der Waals surface area (Å²) in [5, 5.41) is 0. The monoisotopic (exact) mass is 326 g/mol. The van der Waals surface area contributed by atoms with Gasteiger partial charge in [-0.1, -0.05) is 18.9 Å². The first-order valence-corrected chi connectivity index (χ1v) is 7.59. The summed E-state index contributed by atoms with van der Waals surface area (Å²) in [6.07, 6.45) is 3.68. The fourth-order valence-electron chi connectivity index (χ4n) is 3.12. The summed E-state index contributed by atoms with van der Waals surface area (Å²) in [5.74, 6) is 1.58. The van der Waals surface area contributed by atoms with Crippen molar-refractivity contribution in [2.45, 2.75) is 44.7 Å². The van der Waals surface area contributed by atoms with Crippen LogP contribution in [-0.2, 0) is 11.3 Å². The smallest absolute Gasteiger partial charge is 0.242 e. The summed E-state index contributed by atoms with van der Waals surface area (Å²) in [4.78, 5) is 14.5. The molecule has 0 radical (unpaired) electrons. The highest BCUT2D eigenvalue weighted by atomic mass is 35.5. The van der Waals surface area contributed by atoms with E-state index in [2.05, 4.69) is 0 Å². The molecule has 1 fully saturated rings. The highest BCUT2D eigenvalue weighted by molar-refractivity contribution is 5.86. The minimum atomic E-state index is -0.660. The molecule has 1 heterocycles. The van der Waals surface area contributed by atoms with Gasteiger partial charge in [0.15, 0.2) is 11.5 Å². The molecular weight excluding hydrogens is 304 g/mol. The van der Waals surface area contributed by atoms with Crippen LogP contribution in [0, 0.1) is 0 Å². The van der Waals surface area contributed by atoms with Gasteiger partial charge in [0.05, 0.1) is 5.54 Å². The van der Waals surface area contributed by atoms with E-state index in [0.29, 0.717) is 13.1 Å². The van der Waals surface area contributed by atoms with Crippen LogP contribution in [-0.4, -0.2) is 29.7 Å². The molecule has 1 amide bonds. The number of ether oxygens (including phenoxy) is 2. The van der Waals surface area contributed by atoms with Gasteiger partial charge in [0.1, 0.15) is 0 Å². The largest absolute Gasteiger partial charge is 0.454 e. The number of fused-ring (bicyclic) bond motifs is 1. The van der Waals surface area contributed by atoms with Crippen LogP contribution in [0.4, 0.5) is 0 Å². The molecular formula is C16H23ClN2O3. The Morgan fingerprint density at radius 2 is 1.95 bits per heavy atom. The third kappa shape index (κ3) is 3.15. The molecule has 0 aromatic heterocycles. The Hall–Kier alpha value is -1.46. The lowest BCUT2D eigenvalue weighted by Crippen LogP contribution is -2.53. The maximum absolute atomic E-state index is 12.7. The number of carbonyl (C=O) groups excluding carboxylic acids is 1. The molecule has 1 aliphatic carbocycles. The zero-order valence-corrected chi connectivity index (χ0v) is 13.7. The van der Waals surface area contributed by atoms with Crippen molar-refractivity contribution < 1.29 is 14.3 Å². The Morgan fingerprint density at radius 3 is 2.64 bits per heavy atom. The summed E-state index contributed by atoms with van der Waals surface area (Å²) in [6, 6.07) is 5.81. The van der Waals surface area contributed by atoms with Crippen molar-refractivity contribution in [3.63, 3.8) is 0 Å². The number of hydrogen-bond acceptors (Lipinski definition) is 4. The highest BCUT2D eigenvalue weighted by Crippen LogP contribution is 2.33. The Kier molecular flexibility index (Phi) is 5.19. The predicted molar refractivity (Wildman–Crippen MR) is 86.3 cm³/mol. The molecule has 22 heavy (non-hydrogen) atoms. The maximum atomic E-state index is 12.7. The first-order valence-electron chi connectivity index (χ1n) is 7.59. The lowest BCUT2D eigenvalue weighted by molar-refractivity contribution is -0.137. The van der Waals surface area contributed by atoms with Crippen LogP contribution in [0.5, 0.6) is 11.5 Å². The van der Waals surface area contributed by atoms with Gasteiger partial charge in [-0.3, -0.25) is 4.79 Å². The number of likely N-dealkylation sites (N-methyl/N-ethyl adjacent to an activating group) is 1. The van der Waals surface area contributed by atoms with E-state index in [9.17, 15) is 4.79 Å². The molecule has 2 N–H and O–H groups in total. The summed E-state index contributed by atoms with van der Waals surface area (Å²) < 4.78 is 10.7. The number of nitrogens with two attached hydrogens (primary N) is 1. The van der Waals surface area contributed by atoms with Gasteiger partial charge in [0, 0.05) is 13.1 Å². The minimum Gasteiger partial charge on any atom is -0.454 e. The first-order chi connectivity index (χ1) is 10.1. The van der Waals surface area contributed by atoms with Crippen LogP contribution in [0.25, 0.3) is 0 Å². The van der Waals surface area contributed by atoms with E-state index < -0.39 is 5.54 Å². The number of benzene rings is 1. The number of hydrogen-bond donors (Lipinski definition) is 1. The summed E-state index contributed by atoms with van der Waals surface area (Å²) in [6.45, 7) is 3.47. The van der Waals surface area contributed by atoms with E-state index in [4.69, 9.17) is 15.2 Å². The molecule has 1 aromatic rings. The van der Waals surface area contributed by atoms with Crippen LogP contribution in [0.2, 0.25) is 0 Å². The van der Waals surface area contributed by atoms with Crippen LogP contribution in [0.15, 0.2) is 18.2 Å². The average molecular weight is 327 g/mol. The van der Waals surface area contributed by atoms with E-state index in [0.717, 1.165) is 42.7 Å². The van der Waals surface area contributed by atoms with Gasteiger partial charge in [0.25, 0.3) is 0 Å². The lowest BCUT2D eigenvalue weighted by Gasteiger charge is -2.31. The van der Waals surface area contributed by atoms with Crippen LogP contribution >= 0.6 is 12.4 Å². The van der Waals surface area contributed by atoms with E-state index in [1.807, 2.05) is 30.0 Å². The molecule has 3 rings (SSSR count). The molecule has 0 atom stereocenters. The van der Waals surface area contributed by atoms with Crippen molar-refractivity contribution in [3.8, 4) is 11.5 Å². The van der Waals surface area contributed by atoms with Gasteiger partial charge in [-0.15, -0.1) is 12.4 Å². The Balaban J connectivity index is 0.00000176. The molecule has 0 unspecified atom stereocenters. The summed E-state index contributed by atoms with van der Waals surface area (Å²) >= 11 is 0. The zero-order chi connectivity index (χ0) is 14.9. The normalized spacial score (nSPS) is 17.9. The van der Waals surface area contributed by atoms with Crippen LogP contribution < -0.4 is 15.2 Å². The number of halogens is 1. The molecule has 0 saturated heterocycles. The molecule has 1 aliphatic heterocycles. The highest BCUT2D eigenvalue weighted by Gasteiger charge is 2.39. The van der Waals surface area contributed by atoms with Crippen molar-refractivity contribution in [2.24, 2.45) is 5.73 Å². The SMILES string of the molecule is CCN(Cc1ccc2c(c1)OCO2)C(=O)C1(N)CCCC1.Cl. The molecule has 0 spiro atoms. The number of rotatable bonds is 4. The van der Waals surface area contributed by atoms with E-state index in [1.54, 1.807) is 0 Å². The summed E-state index contributed by atoms with van der Waals surface area (Å²) in [5.41, 5.74) is 6.66. The minimum absolute atomic E-state index is 0. The van der Waals surface area contributed by atoms with Crippen LogP contribution in [0.3, 0.4) is 0 Å². The predicted octanol–water partition coefficient (Wildman–Crippen LogP) is 2.46. The van der Waals surface area contributed by atoms with E-state index in [1.165, 1.54) is 0 Å². The average Bonchev–Trinajstić information content (AvgIpc) is 3.13. The fraction of sp³-hybridized carbons (Fsp3) is 0.562. The zero-order valence-electron chi connectivity index (χ0n) is 12.8. The topological polar surface area (TPSA) is 64.8 Å². The molecule has 122 valence electrons. The molecule has 2 aliphatic rings. The maximum Gasteiger partial charge on any atom is 0.242 e. The third-order valence-corrected chi connectivity index (χ3v) is 4.40. The van der Waals surface area contributed by atoms with Gasteiger partial charge in [0.2, 0.25) is 12.7 Å². The summed E-state index contributed by atoms with van der Waals surface area (Å²) in [7, 11) is 0. The van der Waals surface area contributed by atoms with Gasteiger partial charge >= 0.3 is 0 Å². The lowest BCUT2D eigenvalue weighted by atomic mass is 9.97. The van der Waals surface area contributed by atoms with Crippen LogP contribution in [0.1, 0.15) is 38.2 Å². The molecule has 0 bridgehead atoms. The standard InChI is InChI=1S/C16H22N2O3.ClH/c1-2-18(15(19)16(17)7-3-4-8-16)10-12-5-6-13-14(9-12)21-11-20-13;/h5-6,9H,2-4,7-8,10-11,17H2,1H3;1H. The van der Waals surface area contributed by atoms with E-state index >= 15 is 0 Å². The molecule has 1 aromatic carbocycles. The first kappa shape index (κ1) is 16.9. The Bertz CT molecular complexity index is 544. The molecule has 5 nitrogen and oxygen atoms in total. The van der Waals surface area contributed by atoms with Crippen molar-refractivity contribution in [3.05, 3.63) is 23.8 Å². The van der Waals surface area contributed by atoms with Crippen molar-refractivity contribution in [2.75, 3.05) is 13.3 Å². The van der Waals surface area contributed by atoms with Gasteiger partial charge in [-0.2, -0.15) is 0 Å². The number of nitrogens with zero attached hydrogens (tertiary/aromatic N) is 1. The molecule has 1 saturated carbocycles. The van der Waals surface area contributed by atoms with E-state index in [-0.39, 0.29) is 25.1 Å². The molecule has 6 heteroatoms. The Morgan fingerprint density at radius 1 is 1.27 bits per heavy atom. The van der Waals surface area contributed by atoms with Gasteiger partial charge in [-0.05, 0) is 37.5 Å². The van der Waals surface area contributed by atoms with Gasteiger partial charge < -0.3 is 20.1 Å². The third-order valence-electron chi connectivity index (χ3n) is 4.40. The van der Waals surface area contributed by atoms with Crippen molar-refractivity contribution in [1.82, 2.24) is 4.90 Å². The number of amides is 1. The van der Waals surface area contributed by atoms with Gasteiger partial charge in [-0.25, -0.2) is 0 Å². The van der Waals surface area contributed by atoms with Crippen molar-refractivity contribution >= 4 is 18.3 Å².